The summed E-state index contributed by atoms with van der Waals surface area (Å²) in [6.45, 7) is 6.93. The van der Waals surface area contributed by atoms with Crippen molar-refractivity contribution in [1.29, 1.82) is 0 Å². The maximum atomic E-state index is 13.1. The van der Waals surface area contributed by atoms with E-state index in [9.17, 15) is 14.4 Å². The molecule has 1 aliphatic rings. The zero-order valence-corrected chi connectivity index (χ0v) is 17.6. The van der Waals surface area contributed by atoms with Gasteiger partial charge >= 0.3 is 5.97 Å². The number of carbonyl (C=O) groups excluding carboxylic acids is 3. The fraction of sp³-hybridized carbons (Fsp3) is 0.348. The average Bonchev–Trinajstić information content (AvgIpc) is 2.70. The topological polar surface area (TPSA) is 84.9 Å². The van der Waals surface area contributed by atoms with Gasteiger partial charge in [0.25, 0.3) is 5.91 Å². The molecule has 0 saturated carbocycles. The Morgan fingerprint density at radius 1 is 1.10 bits per heavy atom. The van der Waals surface area contributed by atoms with Crippen molar-refractivity contribution in [2.75, 3.05) is 16.8 Å². The Morgan fingerprint density at radius 2 is 1.77 bits per heavy atom. The molecular formula is C23H26N2O5. The Kier molecular flexibility index (Phi) is 6.10. The van der Waals surface area contributed by atoms with E-state index in [-0.39, 0.29) is 18.9 Å². The van der Waals surface area contributed by atoms with E-state index in [0.717, 1.165) is 5.56 Å². The van der Waals surface area contributed by atoms with Crippen LogP contribution >= 0.6 is 0 Å². The monoisotopic (exact) mass is 410 g/mol. The van der Waals surface area contributed by atoms with E-state index in [4.69, 9.17) is 9.47 Å². The van der Waals surface area contributed by atoms with Crippen LogP contribution in [0.2, 0.25) is 0 Å². The third-order valence-corrected chi connectivity index (χ3v) is 4.98. The molecule has 2 aromatic rings. The van der Waals surface area contributed by atoms with Crippen molar-refractivity contribution in [2.45, 2.75) is 45.8 Å². The maximum Gasteiger partial charge on any atom is 0.310 e. The van der Waals surface area contributed by atoms with Gasteiger partial charge in [-0.05, 0) is 52.0 Å². The number of aryl methyl sites for hydroxylation is 1. The molecule has 158 valence electrons. The van der Waals surface area contributed by atoms with E-state index in [1.54, 1.807) is 38.1 Å². The van der Waals surface area contributed by atoms with Crippen LogP contribution in [0.4, 0.5) is 11.4 Å². The molecule has 0 spiro atoms. The molecular weight excluding hydrogens is 384 g/mol. The smallest absolute Gasteiger partial charge is 0.310 e. The second-order valence-electron chi connectivity index (χ2n) is 7.75. The number of anilines is 2. The lowest BCUT2D eigenvalue weighted by Crippen LogP contribution is -2.60. The molecule has 0 unspecified atom stereocenters. The van der Waals surface area contributed by atoms with E-state index in [2.05, 4.69) is 5.32 Å². The van der Waals surface area contributed by atoms with Crippen LogP contribution in [0.5, 0.6) is 5.75 Å². The molecule has 0 radical (unpaired) electrons. The number of rotatable bonds is 6. The predicted octanol–water partition coefficient (Wildman–Crippen LogP) is 3.46. The lowest BCUT2D eigenvalue weighted by Gasteiger charge is -2.42. The van der Waals surface area contributed by atoms with Crippen molar-refractivity contribution in [3.05, 3.63) is 54.1 Å². The Hall–Kier alpha value is -3.35. The number of fused-ring (bicyclic) bond motifs is 1. The number of ether oxygens (including phenoxy) is 2. The molecule has 0 bridgehead atoms. The molecule has 0 aromatic heterocycles. The van der Waals surface area contributed by atoms with Crippen molar-refractivity contribution < 1.29 is 23.9 Å². The van der Waals surface area contributed by atoms with Gasteiger partial charge < -0.3 is 14.8 Å². The molecule has 1 aliphatic heterocycles. The predicted molar refractivity (Wildman–Crippen MR) is 113 cm³/mol. The number of amides is 2. The Bertz CT molecular complexity index is 952. The average molecular weight is 410 g/mol. The number of carbonyl (C=O) groups is 3. The standard InChI is InChI=1S/C23H26N2O5/c1-15-9-11-17(12-10-15)29-14-13-20(26)30-16(2)21(27)25-19-8-6-5-7-18(19)24-22(28)23(25,3)4/h5-12,16H,13-14H2,1-4H3,(H,24,28)/t16-/m1/s1. The Morgan fingerprint density at radius 3 is 2.47 bits per heavy atom. The molecule has 30 heavy (non-hydrogen) atoms. The quantitative estimate of drug-likeness (QED) is 0.737. The molecule has 3 rings (SSSR count). The van der Waals surface area contributed by atoms with Gasteiger partial charge in [-0.25, -0.2) is 0 Å². The first-order valence-corrected chi connectivity index (χ1v) is 9.83. The SMILES string of the molecule is Cc1ccc(OCCC(=O)O[C@H](C)C(=O)N2c3ccccc3NC(=O)C2(C)C)cc1. The van der Waals surface area contributed by atoms with E-state index in [0.29, 0.717) is 17.1 Å². The van der Waals surface area contributed by atoms with Crippen LogP contribution in [0.3, 0.4) is 0 Å². The lowest BCUT2D eigenvalue weighted by molar-refractivity contribution is -0.154. The van der Waals surface area contributed by atoms with E-state index >= 15 is 0 Å². The maximum absolute atomic E-state index is 13.1. The van der Waals surface area contributed by atoms with Crippen molar-refractivity contribution in [1.82, 2.24) is 0 Å². The highest BCUT2D eigenvalue weighted by molar-refractivity contribution is 6.15. The summed E-state index contributed by atoms with van der Waals surface area (Å²) in [5, 5.41) is 2.80. The Balaban J connectivity index is 1.62. The van der Waals surface area contributed by atoms with Gasteiger partial charge in [-0.2, -0.15) is 0 Å². The Labute approximate surface area is 176 Å². The molecule has 0 fully saturated rings. The molecule has 1 atom stereocenters. The first kappa shape index (κ1) is 21.4. The van der Waals surface area contributed by atoms with Crippen LogP contribution in [0.15, 0.2) is 48.5 Å². The number of nitrogens with one attached hydrogen (secondary N) is 1. The molecule has 1 heterocycles. The van der Waals surface area contributed by atoms with Crippen molar-refractivity contribution in [3.8, 4) is 5.75 Å². The zero-order valence-electron chi connectivity index (χ0n) is 17.6. The van der Waals surface area contributed by atoms with Gasteiger partial charge in [0, 0.05) is 0 Å². The van der Waals surface area contributed by atoms with E-state index < -0.39 is 23.5 Å². The number of esters is 1. The molecule has 2 aromatic carbocycles. The molecule has 7 nitrogen and oxygen atoms in total. The summed E-state index contributed by atoms with van der Waals surface area (Å²) in [5.41, 5.74) is 1.10. The van der Waals surface area contributed by atoms with Gasteiger partial charge in [0.2, 0.25) is 5.91 Å². The number of nitrogens with zero attached hydrogens (tertiary/aromatic N) is 1. The second kappa shape index (κ2) is 8.57. The molecule has 0 aliphatic carbocycles. The summed E-state index contributed by atoms with van der Waals surface area (Å²) >= 11 is 0. The number of para-hydroxylation sites is 2. The summed E-state index contributed by atoms with van der Waals surface area (Å²) in [6, 6.07) is 14.5. The zero-order chi connectivity index (χ0) is 21.9. The van der Waals surface area contributed by atoms with Gasteiger partial charge in [0.05, 0.1) is 24.4 Å². The summed E-state index contributed by atoms with van der Waals surface area (Å²) in [7, 11) is 0. The molecule has 1 N–H and O–H groups in total. The van der Waals surface area contributed by atoms with Gasteiger partial charge in [0.1, 0.15) is 11.3 Å². The van der Waals surface area contributed by atoms with Crippen molar-refractivity contribution in [2.24, 2.45) is 0 Å². The highest BCUT2D eigenvalue weighted by Gasteiger charge is 2.45. The minimum Gasteiger partial charge on any atom is -0.493 e. The minimum atomic E-state index is -1.12. The molecule has 0 saturated heterocycles. The fourth-order valence-corrected chi connectivity index (χ4v) is 3.22. The fourth-order valence-electron chi connectivity index (χ4n) is 3.22. The third-order valence-electron chi connectivity index (χ3n) is 4.98. The molecule has 7 heteroatoms. The summed E-state index contributed by atoms with van der Waals surface area (Å²) < 4.78 is 10.9. The van der Waals surface area contributed by atoms with Crippen LogP contribution in [0.1, 0.15) is 32.8 Å². The number of hydrogen-bond donors (Lipinski definition) is 1. The van der Waals surface area contributed by atoms with Gasteiger partial charge in [-0.1, -0.05) is 29.8 Å². The first-order chi connectivity index (χ1) is 14.2. The molecule has 2 amide bonds. The highest BCUT2D eigenvalue weighted by atomic mass is 16.6. The first-order valence-electron chi connectivity index (χ1n) is 9.83. The number of hydrogen-bond acceptors (Lipinski definition) is 5. The summed E-state index contributed by atoms with van der Waals surface area (Å²) in [5.74, 6) is -0.652. The largest absolute Gasteiger partial charge is 0.493 e. The van der Waals surface area contributed by atoms with E-state index in [1.165, 1.54) is 11.8 Å². The van der Waals surface area contributed by atoms with Crippen LogP contribution in [0, 0.1) is 6.92 Å². The lowest BCUT2D eigenvalue weighted by atomic mass is 9.95. The normalized spacial score (nSPS) is 15.6. The van der Waals surface area contributed by atoms with Crippen LogP contribution < -0.4 is 15.0 Å². The number of benzene rings is 2. The van der Waals surface area contributed by atoms with Gasteiger partial charge in [0.15, 0.2) is 6.10 Å². The van der Waals surface area contributed by atoms with Crippen LogP contribution in [-0.4, -0.2) is 36.0 Å². The third kappa shape index (κ3) is 4.45. The van der Waals surface area contributed by atoms with E-state index in [1.807, 2.05) is 31.2 Å². The highest BCUT2D eigenvalue weighted by Crippen LogP contribution is 2.37. The van der Waals surface area contributed by atoms with Crippen molar-refractivity contribution in [3.63, 3.8) is 0 Å². The van der Waals surface area contributed by atoms with Crippen LogP contribution in [-0.2, 0) is 19.1 Å². The van der Waals surface area contributed by atoms with Gasteiger partial charge in [-0.3, -0.25) is 19.3 Å². The minimum absolute atomic E-state index is 0.00592. The van der Waals surface area contributed by atoms with Crippen molar-refractivity contribution >= 4 is 29.2 Å². The van der Waals surface area contributed by atoms with Gasteiger partial charge in [-0.15, -0.1) is 0 Å². The van der Waals surface area contributed by atoms with Crippen LogP contribution in [0.25, 0.3) is 0 Å². The summed E-state index contributed by atoms with van der Waals surface area (Å²) in [4.78, 5) is 39.2. The summed E-state index contributed by atoms with van der Waals surface area (Å²) in [6.07, 6.45) is -1.04. The second-order valence-corrected chi connectivity index (χ2v) is 7.75.